The van der Waals surface area contributed by atoms with Gasteiger partial charge in [-0.3, -0.25) is 24.6 Å². The van der Waals surface area contributed by atoms with E-state index in [1.54, 1.807) is 41.3 Å². The Bertz CT molecular complexity index is 986. The predicted octanol–water partition coefficient (Wildman–Crippen LogP) is 2.76. The zero-order chi connectivity index (χ0) is 19.2. The van der Waals surface area contributed by atoms with Gasteiger partial charge >= 0.3 is 0 Å². The highest BCUT2D eigenvalue weighted by Gasteiger charge is 2.15. The van der Waals surface area contributed by atoms with Gasteiger partial charge in [0.1, 0.15) is 0 Å². The maximum atomic E-state index is 12.2. The molecule has 0 saturated carbocycles. The van der Waals surface area contributed by atoms with Gasteiger partial charge in [0.15, 0.2) is 5.69 Å². The van der Waals surface area contributed by atoms with E-state index in [1.807, 2.05) is 6.07 Å². The molecule has 1 N–H and O–H groups in total. The van der Waals surface area contributed by atoms with E-state index < -0.39 is 10.8 Å². The molecule has 0 spiro atoms. The van der Waals surface area contributed by atoms with Crippen LogP contribution in [0.3, 0.4) is 0 Å². The number of rotatable bonds is 6. The van der Waals surface area contributed by atoms with Crippen LogP contribution in [0.15, 0.2) is 64.4 Å². The van der Waals surface area contributed by atoms with E-state index in [-0.39, 0.29) is 11.4 Å². The molecule has 0 aliphatic carbocycles. The molecule has 3 aromatic rings. The number of non-ortho nitro benzene ring substituents is 1. The van der Waals surface area contributed by atoms with Gasteiger partial charge in [-0.15, -0.1) is 0 Å². The minimum absolute atomic E-state index is 0.0197. The molecule has 0 radical (unpaired) electrons. The van der Waals surface area contributed by atoms with E-state index in [0.29, 0.717) is 16.7 Å². The van der Waals surface area contributed by atoms with Crippen molar-refractivity contribution in [2.24, 2.45) is 5.10 Å². The first-order valence-electron chi connectivity index (χ1n) is 7.73. The second kappa shape index (κ2) is 8.32. The van der Waals surface area contributed by atoms with Crippen LogP contribution < -0.4 is 5.43 Å². The van der Waals surface area contributed by atoms with E-state index in [4.69, 9.17) is 0 Å². The first-order valence-corrected chi connectivity index (χ1v) is 8.53. The zero-order valence-corrected chi connectivity index (χ0v) is 15.4. The molecule has 0 atom stereocenters. The van der Waals surface area contributed by atoms with Gasteiger partial charge in [-0.05, 0) is 33.6 Å². The van der Waals surface area contributed by atoms with Gasteiger partial charge in [0.05, 0.1) is 27.8 Å². The summed E-state index contributed by atoms with van der Waals surface area (Å²) in [5.74, 6) is -0.475. The number of nitrogens with one attached hydrogen (secondary N) is 1. The van der Waals surface area contributed by atoms with Crippen molar-refractivity contribution in [3.05, 3.63) is 86.4 Å². The van der Waals surface area contributed by atoms with Crippen molar-refractivity contribution in [1.29, 1.82) is 0 Å². The molecular formula is C17H13BrN6O3. The van der Waals surface area contributed by atoms with Gasteiger partial charge in [-0.2, -0.15) is 10.2 Å². The lowest BCUT2D eigenvalue weighted by Gasteiger charge is -2.01. The summed E-state index contributed by atoms with van der Waals surface area (Å²) in [6, 6.07) is 11.5. The Morgan fingerprint density at radius 3 is 2.74 bits per heavy atom. The molecular weight excluding hydrogens is 416 g/mol. The average Bonchev–Trinajstić information content (AvgIpc) is 3.03. The number of nitrogens with zero attached hydrogens (tertiary/aromatic N) is 5. The number of carbonyl (C=O) groups excluding carboxylic acids is 1. The number of nitro groups is 1. The third kappa shape index (κ3) is 4.82. The fraction of sp³-hybridized carbons (Fsp3) is 0.0588. The molecule has 3 rings (SSSR count). The first kappa shape index (κ1) is 18.4. The van der Waals surface area contributed by atoms with Crippen molar-refractivity contribution in [2.75, 3.05) is 0 Å². The number of halogens is 1. The van der Waals surface area contributed by atoms with E-state index in [9.17, 15) is 14.9 Å². The van der Waals surface area contributed by atoms with Crippen LogP contribution in [0, 0.1) is 10.1 Å². The molecule has 9 nitrogen and oxygen atoms in total. The van der Waals surface area contributed by atoms with Crippen LogP contribution in [0.25, 0.3) is 0 Å². The van der Waals surface area contributed by atoms with Gasteiger partial charge in [0, 0.05) is 24.5 Å². The van der Waals surface area contributed by atoms with Gasteiger partial charge < -0.3 is 0 Å². The van der Waals surface area contributed by atoms with Crippen LogP contribution in [0.2, 0.25) is 0 Å². The van der Waals surface area contributed by atoms with E-state index in [1.165, 1.54) is 18.3 Å². The van der Waals surface area contributed by atoms with E-state index >= 15 is 0 Å². The van der Waals surface area contributed by atoms with Crippen LogP contribution in [0.5, 0.6) is 0 Å². The fourth-order valence-corrected chi connectivity index (χ4v) is 2.70. The standard InChI is InChI=1S/C17H13BrN6O3/c18-15-11-23(10-12-4-6-14(7-5-12)24(26)27)22-16(15)17(25)21-20-9-13-3-1-2-8-19-13/h1-9,11H,10H2,(H,21,25)/b20-9-. The summed E-state index contributed by atoms with van der Waals surface area (Å²) in [6.45, 7) is 0.362. The van der Waals surface area contributed by atoms with Crippen molar-refractivity contribution in [3.8, 4) is 0 Å². The lowest BCUT2D eigenvalue weighted by molar-refractivity contribution is -0.384. The third-order valence-electron chi connectivity index (χ3n) is 3.47. The molecule has 0 saturated heterocycles. The fourth-order valence-electron chi connectivity index (χ4n) is 2.20. The van der Waals surface area contributed by atoms with Crippen LogP contribution >= 0.6 is 15.9 Å². The Morgan fingerprint density at radius 2 is 2.07 bits per heavy atom. The molecule has 1 aromatic carbocycles. The molecule has 0 unspecified atom stereocenters. The Balaban J connectivity index is 1.65. The molecule has 136 valence electrons. The molecule has 0 fully saturated rings. The molecule has 2 heterocycles. The van der Waals surface area contributed by atoms with Gasteiger partial charge in [-0.25, -0.2) is 5.43 Å². The molecule has 1 amide bonds. The Labute approximate surface area is 162 Å². The molecule has 27 heavy (non-hydrogen) atoms. The second-order valence-corrected chi connectivity index (χ2v) is 6.25. The quantitative estimate of drug-likeness (QED) is 0.368. The van der Waals surface area contributed by atoms with Gasteiger partial charge in [0.2, 0.25) is 0 Å². The van der Waals surface area contributed by atoms with Crippen LogP contribution in [-0.2, 0) is 6.54 Å². The number of benzene rings is 1. The molecule has 0 aliphatic heterocycles. The average molecular weight is 429 g/mol. The number of nitro benzene ring substituents is 1. The maximum Gasteiger partial charge on any atom is 0.293 e. The number of aromatic nitrogens is 3. The third-order valence-corrected chi connectivity index (χ3v) is 4.05. The van der Waals surface area contributed by atoms with Crippen molar-refractivity contribution >= 4 is 33.7 Å². The van der Waals surface area contributed by atoms with Gasteiger partial charge in [0.25, 0.3) is 11.6 Å². The lowest BCUT2D eigenvalue weighted by atomic mass is 10.2. The Kier molecular flexibility index (Phi) is 5.67. The van der Waals surface area contributed by atoms with E-state index in [2.05, 4.69) is 36.5 Å². The van der Waals surface area contributed by atoms with Crippen molar-refractivity contribution in [3.63, 3.8) is 0 Å². The number of hydrogen-bond acceptors (Lipinski definition) is 6. The maximum absolute atomic E-state index is 12.2. The molecule has 0 bridgehead atoms. The number of hydrogen-bond donors (Lipinski definition) is 1. The highest BCUT2D eigenvalue weighted by atomic mass is 79.9. The van der Waals surface area contributed by atoms with Crippen LogP contribution in [-0.4, -0.2) is 31.8 Å². The predicted molar refractivity (Wildman–Crippen MR) is 101 cm³/mol. The smallest absolute Gasteiger partial charge is 0.266 e. The summed E-state index contributed by atoms with van der Waals surface area (Å²) >= 11 is 3.30. The summed E-state index contributed by atoms with van der Waals surface area (Å²) in [7, 11) is 0. The summed E-state index contributed by atoms with van der Waals surface area (Å²) in [6.07, 6.45) is 4.71. The highest BCUT2D eigenvalue weighted by Crippen LogP contribution is 2.17. The summed E-state index contributed by atoms with van der Waals surface area (Å²) in [4.78, 5) is 26.5. The number of amides is 1. The van der Waals surface area contributed by atoms with E-state index in [0.717, 1.165) is 5.56 Å². The monoisotopic (exact) mass is 428 g/mol. The van der Waals surface area contributed by atoms with Crippen molar-refractivity contribution < 1.29 is 9.72 Å². The minimum Gasteiger partial charge on any atom is -0.266 e. The first-order chi connectivity index (χ1) is 13.0. The molecule has 0 aliphatic rings. The summed E-state index contributed by atoms with van der Waals surface area (Å²) < 4.78 is 2.07. The van der Waals surface area contributed by atoms with Crippen molar-refractivity contribution in [2.45, 2.75) is 6.54 Å². The van der Waals surface area contributed by atoms with Crippen molar-refractivity contribution in [1.82, 2.24) is 20.2 Å². The normalized spacial score (nSPS) is 10.9. The lowest BCUT2D eigenvalue weighted by Crippen LogP contribution is -2.19. The SMILES string of the molecule is O=C(N/N=C\c1ccccn1)c1nn(Cc2ccc([N+](=O)[O-])cc2)cc1Br. The van der Waals surface area contributed by atoms with Crippen LogP contribution in [0.4, 0.5) is 5.69 Å². The zero-order valence-electron chi connectivity index (χ0n) is 13.8. The van der Waals surface area contributed by atoms with Crippen LogP contribution in [0.1, 0.15) is 21.7 Å². The van der Waals surface area contributed by atoms with Gasteiger partial charge in [-0.1, -0.05) is 18.2 Å². The number of pyridine rings is 1. The molecule has 2 aromatic heterocycles. The summed E-state index contributed by atoms with van der Waals surface area (Å²) in [5, 5.41) is 18.8. The second-order valence-electron chi connectivity index (χ2n) is 5.40. The number of hydrazone groups is 1. The molecule has 10 heteroatoms. The Morgan fingerprint density at radius 1 is 1.30 bits per heavy atom. The largest absolute Gasteiger partial charge is 0.293 e. The number of carbonyl (C=O) groups is 1. The summed E-state index contributed by atoms with van der Waals surface area (Å²) in [5.41, 5.74) is 4.02. The topological polar surface area (TPSA) is 115 Å². The minimum atomic E-state index is -0.475. The Hall–Kier alpha value is -3.40. The highest BCUT2D eigenvalue weighted by molar-refractivity contribution is 9.10.